The van der Waals surface area contributed by atoms with Crippen LogP contribution in [0.1, 0.15) is 20.8 Å². The number of ether oxygens (including phenoxy) is 1. The van der Waals surface area contributed by atoms with Crippen molar-refractivity contribution in [1.29, 1.82) is 0 Å². The molecule has 2 rings (SSSR count). The van der Waals surface area contributed by atoms with Gasteiger partial charge in [-0.1, -0.05) is 13.8 Å². The summed E-state index contributed by atoms with van der Waals surface area (Å²) in [4.78, 5) is 27.0. The van der Waals surface area contributed by atoms with Gasteiger partial charge in [0.2, 0.25) is 5.91 Å². The van der Waals surface area contributed by atoms with E-state index in [1.165, 1.54) is 0 Å². The zero-order valence-corrected chi connectivity index (χ0v) is 13.8. The number of piperazine rings is 1. The minimum absolute atomic E-state index is 0.0879. The van der Waals surface area contributed by atoms with Crippen LogP contribution in [0, 0.1) is 5.92 Å². The zero-order valence-electron chi connectivity index (χ0n) is 13.8. The molecule has 0 bridgehead atoms. The second-order valence-electron chi connectivity index (χ2n) is 5.59. The van der Waals surface area contributed by atoms with Crippen molar-refractivity contribution in [3.63, 3.8) is 0 Å². The van der Waals surface area contributed by atoms with Gasteiger partial charge in [-0.15, -0.1) is 10.2 Å². The minimum atomic E-state index is -0.273. The SMILES string of the molecule is CCOC(=O)N1CCN(c2ccc(NC(=O)C(C)C)nn2)CC1. The number of anilines is 2. The number of aromatic nitrogens is 2. The average Bonchev–Trinajstić information content (AvgIpc) is 2.56. The predicted octanol–water partition coefficient (Wildman–Crippen LogP) is 1.35. The molecular weight excluding hydrogens is 298 g/mol. The van der Waals surface area contributed by atoms with E-state index in [4.69, 9.17) is 4.74 Å². The van der Waals surface area contributed by atoms with Gasteiger partial charge in [-0.25, -0.2) is 4.79 Å². The van der Waals surface area contributed by atoms with Crippen LogP contribution < -0.4 is 10.2 Å². The molecule has 0 spiro atoms. The number of nitrogens with one attached hydrogen (secondary N) is 1. The van der Waals surface area contributed by atoms with Gasteiger partial charge in [-0.3, -0.25) is 4.79 Å². The molecule has 1 aromatic rings. The molecular formula is C15H23N5O3. The Bertz CT molecular complexity index is 539. The largest absolute Gasteiger partial charge is 0.450 e. The van der Waals surface area contributed by atoms with Gasteiger partial charge in [0.05, 0.1) is 6.61 Å². The number of rotatable bonds is 4. The van der Waals surface area contributed by atoms with Crippen LogP contribution in [-0.2, 0) is 9.53 Å². The van der Waals surface area contributed by atoms with Crippen LogP contribution in [0.25, 0.3) is 0 Å². The number of hydrogen-bond donors (Lipinski definition) is 1. The minimum Gasteiger partial charge on any atom is -0.450 e. The third kappa shape index (κ3) is 4.54. The lowest BCUT2D eigenvalue weighted by molar-refractivity contribution is -0.118. The number of carbonyl (C=O) groups excluding carboxylic acids is 2. The van der Waals surface area contributed by atoms with E-state index >= 15 is 0 Å². The van der Waals surface area contributed by atoms with Crippen molar-refractivity contribution in [3.8, 4) is 0 Å². The summed E-state index contributed by atoms with van der Waals surface area (Å²) in [6.45, 7) is 8.34. The first-order chi connectivity index (χ1) is 11.0. The molecule has 0 atom stereocenters. The Kier molecular flexibility index (Phi) is 5.72. The fourth-order valence-electron chi connectivity index (χ4n) is 2.16. The van der Waals surface area contributed by atoms with Crippen molar-refractivity contribution in [2.45, 2.75) is 20.8 Å². The van der Waals surface area contributed by atoms with E-state index in [0.717, 1.165) is 5.82 Å². The third-order valence-electron chi connectivity index (χ3n) is 3.56. The lowest BCUT2D eigenvalue weighted by Crippen LogP contribution is -2.49. The van der Waals surface area contributed by atoms with Crippen LogP contribution in [0.4, 0.5) is 16.4 Å². The first kappa shape index (κ1) is 17.0. The van der Waals surface area contributed by atoms with Gasteiger partial charge in [0.15, 0.2) is 11.6 Å². The van der Waals surface area contributed by atoms with Crippen molar-refractivity contribution in [1.82, 2.24) is 15.1 Å². The predicted molar refractivity (Wildman–Crippen MR) is 86.3 cm³/mol. The molecule has 1 N–H and O–H groups in total. The van der Waals surface area contributed by atoms with Gasteiger partial charge >= 0.3 is 6.09 Å². The van der Waals surface area contributed by atoms with Gasteiger partial charge < -0.3 is 19.9 Å². The smallest absolute Gasteiger partial charge is 0.409 e. The second-order valence-corrected chi connectivity index (χ2v) is 5.59. The molecule has 1 aliphatic rings. The number of amides is 2. The molecule has 0 aromatic carbocycles. The summed E-state index contributed by atoms with van der Waals surface area (Å²) in [5, 5.41) is 10.9. The third-order valence-corrected chi connectivity index (χ3v) is 3.56. The maximum absolute atomic E-state index is 11.7. The van der Waals surface area contributed by atoms with Gasteiger partial charge in [0.1, 0.15) is 0 Å². The Hall–Kier alpha value is -2.38. The number of nitrogens with zero attached hydrogens (tertiary/aromatic N) is 4. The summed E-state index contributed by atoms with van der Waals surface area (Å²) >= 11 is 0. The van der Waals surface area contributed by atoms with Crippen LogP contribution in [0.15, 0.2) is 12.1 Å². The summed E-state index contributed by atoms with van der Waals surface area (Å²) in [6, 6.07) is 3.56. The average molecular weight is 321 g/mol. The second kappa shape index (κ2) is 7.75. The van der Waals surface area contributed by atoms with E-state index in [0.29, 0.717) is 38.6 Å². The van der Waals surface area contributed by atoms with Crippen molar-refractivity contribution in [2.24, 2.45) is 5.92 Å². The van der Waals surface area contributed by atoms with Crippen LogP contribution in [0.5, 0.6) is 0 Å². The van der Waals surface area contributed by atoms with E-state index < -0.39 is 0 Å². The lowest BCUT2D eigenvalue weighted by Gasteiger charge is -2.34. The van der Waals surface area contributed by atoms with Crippen molar-refractivity contribution >= 4 is 23.6 Å². The van der Waals surface area contributed by atoms with E-state index in [9.17, 15) is 9.59 Å². The molecule has 8 nitrogen and oxygen atoms in total. The summed E-state index contributed by atoms with van der Waals surface area (Å²) in [5.41, 5.74) is 0. The normalized spacial score (nSPS) is 14.8. The van der Waals surface area contributed by atoms with Gasteiger partial charge in [0, 0.05) is 32.1 Å². The maximum Gasteiger partial charge on any atom is 0.409 e. The topological polar surface area (TPSA) is 87.7 Å². The van der Waals surface area contributed by atoms with Crippen LogP contribution in [0.2, 0.25) is 0 Å². The fourth-order valence-corrected chi connectivity index (χ4v) is 2.16. The molecule has 0 unspecified atom stereocenters. The van der Waals surface area contributed by atoms with Gasteiger partial charge in [0.25, 0.3) is 0 Å². The summed E-state index contributed by atoms with van der Waals surface area (Å²) < 4.78 is 4.99. The van der Waals surface area contributed by atoms with Crippen LogP contribution in [-0.4, -0.2) is 59.9 Å². The summed E-state index contributed by atoms with van der Waals surface area (Å²) in [6.07, 6.45) is -0.273. The van der Waals surface area contributed by atoms with Gasteiger partial charge in [-0.05, 0) is 19.1 Å². The molecule has 2 amide bonds. The highest BCUT2D eigenvalue weighted by atomic mass is 16.6. The van der Waals surface area contributed by atoms with Crippen molar-refractivity contribution < 1.29 is 14.3 Å². The quantitative estimate of drug-likeness (QED) is 0.900. The molecule has 1 aliphatic heterocycles. The molecule has 1 aromatic heterocycles. The Labute approximate surface area is 135 Å². The first-order valence-corrected chi connectivity index (χ1v) is 7.82. The van der Waals surface area contributed by atoms with Crippen molar-refractivity contribution in [3.05, 3.63) is 12.1 Å². The number of carbonyl (C=O) groups is 2. The molecule has 23 heavy (non-hydrogen) atoms. The Morgan fingerprint density at radius 2 is 1.91 bits per heavy atom. The summed E-state index contributed by atoms with van der Waals surface area (Å²) in [7, 11) is 0. The standard InChI is InChI=1S/C15H23N5O3/c1-4-23-15(22)20-9-7-19(8-10-20)13-6-5-12(17-18-13)16-14(21)11(2)3/h5-6,11H,4,7-10H2,1-3H3,(H,16,17,21). The zero-order chi connectivity index (χ0) is 16.8. The van der Waals surface area contributed by atoms with E-state index in [2.05, 4.69) is 20.4 Å². The van der Waals surface area contributed by atoms with Crippen molar-refractivity contribution in [2.75, 3.05) is 43.0 Å². The highest BCUT2D eigenvalue weighted by Crippen LogP contribution is 2.15. The lowest BCUT2D eigenvalue weighted by atomic mass is 10.2. The summed E-state index contributed by atoms with van der Waals surface area (Å²) in [5.74, 6) is 0.983. The number of hydrogen-bond acceptors (Lipinski definition) is 6. The van der Waals surface area contributed by atoms with E-state index in [-0.39, 0.29) is 17.9 Å². The molecule has 1 fully saturated rings. The Balaban J connectivity index is 1.89. The van der Waals surface area contributed by atoms with Gasteiger partial charge in [-0.2, -0.15) is 0 Å². The monoisotopic (exact) mass is 321 g/mol. The first-order valence-electron chi connectivity index (χ1n) is 7.82. The molecule has 0 aliphatic carbocycles. The molecule has 0 radical (unpaired) electrons. The maximum atomic E-state index is 11.7. The van der Waals surface area contributed by atoms with E-state index in [1.54, 1.807) is 17.9 Å². The Morgan fingerprint density at radius 1 is 1.22 bits per heavy atom. The van der Waals surface area contributed by atoms with Crippen LogP contribution in [0.3, 0.4) is 0 Å². The molecule has 126 valence electrons. The molecule has 1 saturated heterocycles. The highest BCUT2D eigenvalue weighted by molar-refractivity contribution is 5.91. The fraction of sp³-hybridized carbons (Fsp3) is 0.600. The molecule has 0 saturated carbocycles. The molecule has 8 heteroatoms. The van der Waals surface area contributed by atoms with Crippen LogP contribution >= 0.6 is 0 Å². The Morgan fingerprint density at radius 3 is 2.43 bits per heavy atom. The van der Waals surface area contributed by atoms with E-state index in [1.807, 2.05) is 19.9 Å². The highest BCUT2D eigenvalue weighted by Gasteiger charge is 2.22. The molecule has 2 heterocycles.